The minimum absolute atomic E-state index is 0.0928. The molecule has 0 saturated heterocycles. The second-order valence-electron chi connectivity index (χ2n) is 9.86. The van der Waals surface area contributed by atoms with Crippen molar-refractivity contribution < 1.29 is 26.9 Å². The van der Waals surface area contributed by atoms with Crippen molar-refractivity contribution in [3.63, 3.8) is 0 Å². The highest BCUT2D eigenvalue weighted by atomic mass is 19.4. The molecule has 204 valence electrons. The summed E-state index contributed by atoms with van der Waals surface area (Å²) >= 11 is 0. The highest BCUT2D eigenvalue weighted by Gasteiger charge is 2.66. The van der Waals surface area contributed by atoms with E-state index in [-0.39, 0.29) is 42.3 Å². The molecule has 0 spiro atoms. The van der Waals surface area contributed by atoms with Crippen molar-refractivity contribution in [2.45, 2.75) is 50.6 Å². The minimum atomic E-state index is -4.46. The molecule has 0 bridgehead atoms. The number of nitrogens with one attached hydrogen (secondary N) is 2. The van der Waals surface area contributed by atoms with Gasteiger partial charge in [-0.15, -0.1) is 0 Å². The molecule has 4 aromatic rings. The van der Waals surface area contributed by atoms with E-state index in [0.717, 1.165) is 17.4 Å². The van der Waals surface area contributed by atoms with E-state index in [1.807, 2.05) is 27.1 Å². The number of hydrogen-bond donors (Lipinski definition) is 2. The van der Waals surface area contributed by atoms with Crippen LogP contribution in [0.5, 0.6) is 0 Å². The molecule has 0 radical (unpaired) electrons. The van der Waals surface area contributed by atoms with E-state index in [1.165, 1.54) is 12.1 Å². The summed E-state index contributed by atoms with van der Waals surface area (Å²) in [5, 5.41) is 13.5. The van der Waals surface area contributed by atoms with E-state index < -0.39 is 23.3 Å². The highest BCUT2D eigenvalue weighted by Crippen LogP contribution is 2.59. The SMILES string of the molecule is CC(C)c1nn(C)cc1Nc1ncc(-c2ccc(CC(=O)Nc3cc(C4(C(F)(F)F)CC4)on3)c(F)c2)cn1. The van der Waals surface area contributed by atoms with Gasteiger partial charge in [-0.3, -0.25) is 9.48 Å². The van der Waals surface area contributed by atoms with E-state index in [4.69, 9.17) is 4.52 Å². The number of carbonyl (C=O) groups is 1. The molecule has 39 heavy (non-hydrogen) atoms. The summed E-state index contributed by atoms with van der Waals surface area (Å²) in [5.41, 5.74) is 0.812. The van der Waals surface area contributed by atoms with Crippen LogP contribution in [0.4, 0.5) is 35.0 Å². The average Bonchev–Trinajstić information content (AvgIpc) is 3.44. The van der Waals surface area contributed by atoms with Crippen LogP contribution in [0, 0.1) is 5.82 Å². The number of hydrogen-bond acceptors (Lipinski definition) is 7. The fourth-order valence-electron chi connectivity index (χ4n) is 4.28. The lowest BCUT2D eigenvalue weighted by Crippen LogP contribution is -2.28. The first-order chi connectivity index (χ1) is 18.4. The van der Waals surface area contributed by atoms with Crippen molar-refractivity contribution >= 4 is 23.4 Å². The third kappa shape index (κ3) is 5.33. The number of benzene rings is 1. The lowest BCUT2D eigenvalue weighted by atomic mass is 10.0. The van der Waals surface area contributed by atoms with Crippen molar-refractivity contribution in [2.24, 2.45) is 7.05 Å². The van der Waals surface area contributed by atoms with Gasteiger partial charge in [0.25, 0.3) is 0 Å². The number of nitrogens with zero attached hydrogens (tertiary/aromatic N) is 5. The zero-order chi connectivity index (χ0) is 27.9. The molecule has 1 aromatic carbocycles. The summed E-state index contributed by atoms with van der Waals surface area (Å²) in [5.74, 6) is -1.20. The van der Waals surface area contributed by atoms with E-state index in [2.05, 4.69) is 30.9 Å². The van der Waals surface area contributed by atoms with E-state index in [9.17, 15) is 22.4 Å². The lowest BCUT2D eigenvalue weighted by molar-refractivity contribution is -0.165. The fraction of sp³-hybridized carbons (Fsp3) is 0.346. The molecule has 1 amide bonds. The van der Waals surface area contributed by atoms with Crippen LogP contribution in [-0.2, 0) is 23.7 Å². The maximum atomic E-state index is 14.8. The molecule has 1 fully saturated rings. The Bertz CT molecular complexity index is 1510. The van der Waals surface area contributed by atoms with Crippen molar-refractivity contribution in [3.8, 4) is 11.1 Å². The van der Waals surface area contributed by atoms with Gasteiger partial charge in [-0.05, 0) is 36.0 Å². The van der Waals surface area contributed by atoms with Gasteiger partial charge >= 0.3 is 6.18 Å². The van der Waals surface area contributed by atoms with Crippen LogP contribution in [-0.4, -0.2) is 37.0 Å². The van der Waals surface area contributed by atoms with Crippen LogP contribution in [0.2, 0.25) is 0 Å². The number of amides is 1. The zero-order valence-corrected chi connectivity index (χ0v) is 21.3. The van der Waals surface area contributed by atoms with Crippen LogP contribution >= 0.6 is 0 Å². The Balaban J connectivity index is 1.22. The molecule has 13 heteroatoms. The first-order valence-electron chi connectivity index (χ1n) is 12.2. The van der Waals surface area contributed by atoms with Gasteiger partial charge in [0, 0.05) is 37.3 Å². The Morgan fingerprint density at radius 1 is 1.15 bits per heavy atom. The van der Waals surface area contributed by atoms with E-state index in [0.29, 0.717) is 17.1 Å². The Kier molecular flexibility index (Phi) is 6.60. The van der Waals surface area contributed by atoms with Crippen molar-refractivity contribution in [3.05, 3.63) is 65.7 Å². The number of alkyl halides is 3. The lowest BCUT2D eigenvalue weighted by Gasteiger charge is -2.14. The average molecular weight is 544 g/mol. The van der Waals surface area contributed by atoms with Gasteiger partial charge in [-0.2, -0.15) is 18.3 Å². The topological polar surface area (TPSA) is 111 Å². The molecule has 3 aromatic heterocycles. The predicted octanol–water partition coefficient (Wildman–Crippen LogP) is 5.65. The Morgan fingerprint density at radius 3 is 2.49 bits per heavy atom. The molecule has 9 nitrogen and oxygen atoms in total. The zero-order valence-electron chi connectivity index (χ0n) is 21.3. The van der Waals surface area contributed by atoms with Gasteiger partial charge in [-0.25, -0.2) is 14.4 Å². The highest BCUT2D eigenvalue weighted by molar-refractivity contribution is 5.91. The van der Waals surface area contributed by atoms with E-state index >= 15 is 0 Å². The number of aryl methyl sites for hydroxylation is 1. The molecule has 1 aliphatic rings. The minimum Gasteiger partial charge on any atom is -0.358 e. The quantitative estimate of drug-likeness (QED) is 0.277. The first-order valence-corrected chi connectivity index (χ1v) is 12.2. The molecule has 1 aliphatic carbocycles. The Morgan fingerprint density at radius 2 is 1.87 bits per heavy atom. The van der Waals surface area contributed by atoms with Gasteiger partial charge in [0.1, 0.15) is 11.2 Å². The van der Waals surface area contributed by atoms with Crippen LogP contribution in [0.25, 0.3) is 11.1 Å². The van der Waals surface area contributed by atoms with Gasteiger partial charge in [-0.1, -0.05) is 31.1 Å². The second-order valence-corrected chi connectivity index (χ2v) is 9.86. The molecule has 0 aliphatic heterocycles. The molecular weight excluding hydrogens is 518 g/mol. The molecule has 3 heterocycles. The normalized spacial score (nSPS) is 14.5. The van der Waals surface area contributed by atoms with Crippen LogP contribution in [0.15, 0.2) is 47.4 Å². The summed E-state index contributed by atoms with van der Waals surface area (Å²) in [6.07, 6.45) is -0.0482. The van der Waals surface area contributed by atoms with Crippen molar-refractivity contribution in [1.29, 1.82) is 0 Å². The molecule has 5 rings (SSSR count). The summed E-state index contributed by atoms with van der Waals surface area (Å²) < 4.78 is 61.1. The maximum Gasteiger partial charge on any atom is 0.401 e. The third-order valence-electron chi connectivity index (χ3n) is 6.58. The molecular formula is C26H25F4N7O2. The largest absolute Gasteiger partial charge is 0.401 e. The smallest absolute Gasteiger partial charge is 0.358 e. The fourth-order valence-corrected chi connectivity index (χ4v) is 4.28. The van der Waals surface area contributed by atoms with E-state index in [1.54, 1.807) is 23.1 Å². The van der Waals surface area contributed by atoms with Crippen LogP contribution in [0.3, 0.4) is 0 Å². The monoisotopic (exact) mass is 543 g/mol. The number of halogens is 4. The Labute approximate surface area is 220 Å². The first kappa shape index (κ1) is 26.3. The second kappa shape index (κ2) is 9.79. The molecule has 0 atom stereocenters. The maximum absolute atomic E-state index is 14.8. The standard InChI is InChI=1S/C26H25F4N7O2/c1-14(2)23-19(13-37(3)35-23)33-24-31-11-17(12-32-24)15-4-5-16(18(27)8-15)9-22(38)34-21-10-20(39-36-21)25(6-7-25)26(28,29)30/h4-5,8,10-14H,6-7,9H2,1-3H3,(H,31,32,33)(H,34,36,38). The van der Waals surface area contributed by atoms with Gasteiger partial charge in [0.05, 0.1) is 17.8 Å². The summed E-state index contributed by atoms with van der Waals surface area (Å²) in [6, 6.07) is 5.41. The number of rotatable bonds is 8. The summed E-state index contributed by atoms with van der Waals surface area (Å²) in [6.45, 7) is 4.07. The summed E-state index contributed by atoms with van der Waals surface area (Å²) in [7, 11) is 1.83. The number of anilines is 3. The van der Waals surface area contributed by atoms with Crippen LogP contribution < -0.4 is 10.6 Å². The van der Waals surface area contributed by atoms with Crippen molar-refractivity contribution in [2.75, 3.05) is 10.6 Å². The molecule has 0 unspecified atom stereocenters. The van der Waals surface area contributed by atoms with Gasteiger partial charge in [0.15, 0.2) is 11.6 Å². The third-order valence-corrected chi connectivity index (χ3v) is 6.58. The number of aromatic nitrogens is 5. The molecule has 1 saturated carbocycles. The van der Waals surface area contributed by atoms with Gasteiger partial charge < -0.3 is 15.2 Å². The van der Waals surface area contributed by atoms with Crippen LogP contribution in [0.1, 0.15) is 49.6 Å². The summed E-state index contributed by atoms with van der Waals surface area (Å²) in [4.78, 5) is 21.0. The predicted molar refractivity (Wildman–Crippen MR) is 134 cm³/mol. The Hall–Kier alpha value is -4.29. The molecule has 2 N–H and O–H groups in total. The van der Waals surface area contributed by atoms with Crippen molar-refractivity contribution in [1.82, 2.24) is 24.9 Å². The number of carbonyl (C=O) groups excluding carboxylic acids is 1. The van der Waals surface area contributed by atoms with Gasteiger partial charge in [0.2, 0.25) is 11.9 Å².